The number of nitrogens with zero attached hydrogens (tertiary/aromatic N) is 1. The van der Waals surface area contributed by atoms with Crippen molar-refractivity contribution in [1.82, 2.24) is 5.43 Å². The molecule has 0 saturated carbocycles. The summed E-state index contributed by atoms with van der Waals surface area (Å²) < 4.78 is 6.30. The Morgan fingerprint density at radius 3 is 2.42 bits per heavy atom. The Labute approximate surface area is 160 Å². The Balaban J connectivity index is 1.49. The zero-order valence-electron chi connectivity index (χ0n) is 13.9. The van der Waals surface area contributed by atoms with E-state index < -0.39 is 0 Å². The number of ether oxygens (including phenoxy) is 1. The summed E-state index contributed by atoms with van der Waals surface area (Å²) >= 11 is 3.35. The molecule has 0 aliphatic carbocycles. The molecule has 0 aliphatic heterocycles. The summed E-state index contributed by atoms with van der Waals surface area (Å²) in [6, 6.07) is 25.4. The van der Waals surface area contributed by atoms with Crippen LogP contribution < -0.4 is 10.2 Å². The second kappa shape index (κ2) is 8.97. The molecule has 3 aromatic rings. The number of rotatable bonds is 6. The van der Waals surface area contributed by atoms with Gasteiger partial charge >= 0.3 is 0 Å². The maximum atomic E-state index is 11.8. The van der Waals surface area contributed by atoms with Crippen LogP contribution >= 0.6 is 15.9 Å². The van der Waals surface area contributed by atoms with Gasteiger partial charge in [-0.05, 0) is 34.9 Å². The number of hydrogen-bond acceptors (Lipinski definition) is 3. The van der Waals surface area contributed by atoms with Gasteiger partial charge in [0.15, 0.2) is 6.61 Å². The average Bonchev–Trinajstić information content (AvgIpc) is 2.68. The molecule has 0 bridgehead atoms. The molecule has 5 heteroatoms. The minimum Gasteiger partial charge on any atom is -0.484 e. The van der Waals surface area contributed by atoms with Crippen LogP contribution in [0.4, 0.5) is 0 Å². The van der Waals surface area contributed by atoms with Gasteiger partial charge in [-0.3, -0.25) is 4.79 Å². The number of carbonyl (C=O) groups is 1. The number of hydrazone groups is 1. The predicted octanol–water partition coefficient (Wildman–Crippen LogP) is 4.65. The third-order valence-corrected chi connectivity index (χ3v) is 4.08. The second-order valence-corrected chi connectivity index (χ2v) is 6.44. The van der Waals surface area contributed by atoms with E-state index in [1.165, 1.54) is 0 Å². The average molecular weight is 409 g/mol. The SMILES string of the molecule is O=C(COc1cccc(Br)c1)N/N=C\c1ccc(-c2ccccc2)cc1. The van der Waals surface area contributed by atoms with Crippen molar-refractivity contribution in [1.29, 1.82) is 0 Å². The van der Waals surface area contributed by atoms with E-state index in [0.29, 0.717) is 5.75 Å². The largest absolute Gasteiger partial charge is 0.484 e. The van der Waals surface area contributed by atoms with E-state index in [9.17, 15) is 4.79 Å². The Morgan fingerprint density at radius 2 is 1.69 bits per heavy atom. The van der Waals surface area contributed by atoms with Crippen LogP contribution in [0.15, 0.2) is 88.4 Å². The summed E-state index contributed by atoms with van der Waals surface area (Å²) in [6.07, 6.45) is 1.60. The van der Waals surface area contributed by atoms with Crippen LogP contribution in [-0.4, -0.2) is 18.7 Å². The van der Waals surface area contributed by atoms with Crippen LogP contribution in [0.2, 0.25) is 0 Å². The summed E-state index contributed by atoms with van der Waals surface area (Å²) in [5.41, 5.74) is 5.65. The number of amides is 1. The lowest BCUT2D eigenvalue weighted by Crippen LogP contribution is -2.24. The molecule has 0 aliphatic rings. The Morgan fingerprint density at radius 1 is 0.962 bits per heavy atom. The van der Waals surface area contributed by atoms with Crippen molar-refractivity contribution in [2.24, 2.45) is 5.10 Å². The van der Waals surface area contributed by atoms with Crippen LogP contribution in [-0.2, 0) is 4.79 Å². The number of halogens is 1. The van der Waals surface area contributed by atoms with Gasteiger partial charge in [-0.15, -0.1) is 0 Å². The quantitative estimate of drug-likeness (QED) is 0.476. The summed E-state index contributed by atoms with van der Waals surface area (Å²) in [5, 5.41) is 3.96. The summed E-state index contributed by atoms with van der Waals surface area (Å²) in [6.45, 7) is -0.0965. The molecule has 0 atom stereocenters. The highest BCUT2D eigenvalue weighted by Crippen LogP contribution is 2.19. The van der Waals surface area contributed by atoms with Crippen molar-refractivity contribution in [3.63, 3.8) is 0 Å². The maximum Gasteiger partial charge on any atom is 0.277 e. The summed E-state index contributed by atoms with van der Waals surface area (Å²) in [7, 11) is 0. The first-order valence-electron chi connectivity index (χ1n) is 8.06. The molecule has 0 aromatic heterocycles. The molecule has 1 N–H and O–H groups in total. The zero-order chi connectivity index (χ0) is 18.2. The van der Waals surface area contributed by atoms with E-state index in [-0.39, 0.29) is 12.5 Å². The first-order chi connectivity index (χ1) is 12.7. The van der Waals surface area contributed by atoms with E-state index in [4.69, 9.17) is 4.74 Å². The lowest BCUT2D eigenvalue weighted by atomic mass is 10.0. The first-order valence-corrected chi connectivity index (χ1v) is 8.86. The van der Waals surface area contributed by atoms with Crippen LogP contribution in [0.1, 0.15) is 5.56 Å². The van der Waals surface area contributed by atoms with Gasteiger partial charge in [0.05, 0.1) is 6.21 Å². The van der Waals surface area contributed by atoms with Crippen LogP contribution in [0.3, 0.4) is 0 Å². The normalized spacial score (nSPS) is 10.7. The fraction of sp³-hybridized carbons (Fsp3) is 0.0476. The van der Waals surface area contributed by atoms with Gasteiger partial charge in [0.2, 0.25) is 0 Å². The fourth-order valence-corrected chi connectivity index (χ4v) is 2.69. The Hall–Kier alpha value is -2.92. The van der Waals surface area contributed by atoms with Crippen molar-refractivity contribution in [2.75, 3.05) is 6.61 Å². The van der Waals surface area contributed by atoms with E-state index in [1.54, 1.807) is 18.3 Å². The van der Waals surface area contributed by atoms with Gasteiger partial charge in [0.1, 0.15) is 5.75 Å². The van der Waals surface area contributed by atoms with Crippen LogP contribution in [0.5, 0.6) is 5.75 Å². The van der Waals surface area contributed by atoms with Gasteiger partial charge in [0, 0.05) is 4.47 Å². The van der Waals surface area contributed by atoms with Crippen molar-refractivity contribution >= 4 is 28.1 Å². The smallest absolute Gasteiger partial charge is 0.277 e. The highest BCUT2D eigenvalue weighted by molar-refractivity contribution is 9.10. The minimum atomic E-state index is -0.317. The van der Waals surface area contributed by atoms with Gasteiger partial charge in [-0.2, -0.15) is 5.10 Å². The lowest BCUT2D eigenvalue weighted by Gasteiger charge is -2.05. The molecule has 0 heterocycles. The van der Waals surface area contributed by atoms with Crippen molar-refractivity contribution < 1.29 is 9.53 Å². The molecule has 3 aromatic carbocycles. The molecule has 4 nitrogen and oxygen atoms in total. The molecule has 0 spiro atoms. The van der Waals surface area contributed by atoms with Crippen LogP contribution in [0, 0.1) is 0 Å². The number of carbonyl (C=O) groups excluding carboxylic acids is 1. The molecule has 26 heavy (non-hydrogen) atoms. The van der Waals surface area contributed by atoms with Gasteiger partial charge in [-0.1, -0.05) is 76.6 Å². The number of benzene rings is 3. The third kappa shape index (κ3) is 5.29. The maximum absolute atomic E-state index is 11.8. The Kier molecular flexibility index (Phi) is 6.17. The molecular formula is C21H17BrN2O2. The minimum absolute atomic E-state index is 0.0965. The van der Waals surface area contributed by atoms with Gasteiger partial charge in [0.25, 0.3) is 5.91 Å². The summed E-state index contributed by atoms with van der Waals surface area (Å²) in [4.78, 5) is 11.8. The standard InChI is InChI=1S/C21H17BrN2O2/c22-19-7-4-8-20(13-19)26-15-21(25)24-23-14-16-9-11-18(12-10-16)17-5-2-1-3-6-17/h1-14H,15H2,(H,24,25)/b23-14-. The molecule has 0 unspecified atom stereocenters. The molecular weight excluding hydrogens is 392 g/mol. The molecule has 3 rings (SSSR count). The topological polar surface area (TPSA) is 50.7 Å². The Bertz CT molecular complexity index is 893. The second-order valence-electron chi connectivity index (χ2n) is 5.53. The predicted molar refractivity (Wildman–Crippen MR) is 107 cm³/mol. The molecule has 130 valence electrons. The zero-order valence-corrected chi connectivity index (χ0v) is 15.5. The fourth-order valence-electron chi connectivity index (χ4n) is 2.31. The van der Waals surface area contributed by atoms with Gasteiger partial charge < -0.3 is 4.74 Å². The molecule has 0 radical (unpaired) electrons. The number of nitrogens with one attached hydrogen (secondary N) is 1. The molecule has 0 fully saturated rings. The highest BCUT2D eigenvalue weighted by Gasteiger charge is 2.02. The lowest BCUT2D eigenvalue weighted by molar-refractivity contribution is -0.123. The van der Waals surface area contributed by atoms with Crippen molar-refractivity contribution in [2.45, 2.75) is 0 Å². The molecule has 1 amide bonds. The van der Waals surface area contributed by atoms with E-state index in [2.05, 4.69) is 38.6 Å². The highest BCUT2D eigenvalue weighted by atomic mass is 79.9. The first kappa shape index (κ1) is 17.9. The van der Waals surface area contributed by atoms with Crippen molar-refractivity contribution in [3.8, 4) is 16.9 Å². The van der Waals surface area contributed by atoms with Crippen molar-refractivity contribution in [3.05, 3.63) is 88.9 Å². The molecule has 0 saturated heterocycles. The van der Waals surface area contributed by atoms with E-state index in [0.717, 1.165) is 21.2 Å². The van der Waals surface area contributed by atoms with Crippen LogP contribution in [0.25, 0.3) is 11.1 Å². The summed E-state index contributed by atoms with van der Waals surface area (Å²) in [5.74, 6) is 0.303. The number of hydrogen-bond donors (Lipinski definition) is 1. The monoisotopic (exact) mass is 408 g/mol. The van der Waals surface area contributed by atoms with E-state index >= 15 is 0 Å². The third-order valence-electron chi connectivity index (χ3n) is 3.59. The van der Waals surface area contributed by atoms with Gasteiger partial charge in [-0.25, -0.2) is 5.43 Å². The van der Waals surface area contributed by atoms with E-state index in [1.807, 2.05) is 54.6 Å².